The highest BCUT2D eigenvalue weighted by molar-refractivity contribution is 6.03. The van der Waals surface area contributed by atoms with E-state index in [0.717, 1.165) is 11.3 Å². The molecule has 0 fully saturated rings. The number of ether oxygens (including phenoxy) is 1. The highest BCUT2D eigenvalue weighted by atomic mass is 16.5. The smallest absolute Gasteiger partial charge is 0.273 e. The summed E-state index contributed by atoms with van der Waals surface area (Å²) < 4.78 is 9.29. The van der Waals surface area contributed by atoms with Crippen molar-refractivity contribution in [1.29, 1.82) is 0 Å². The normalized spacial score (nSPS) is 10.7. The second-order valence-electron chi connectivity index (χ2n) is 7.29. The third-order valence-electron chi connectivity index (χ3n) is 5.01. The summed E-state index contributed by atoms with van der Waals surface area (Å²) >= 11 is 0. The maximum Gasteiger partial charge on any atom is 0.273 e. The van der Waals surface area contributed by atoms with Gasteiger partial charge in [-0.1, -0.05) is 30.3 Å². The Labute approximate surface area is 190 Å². The molecule has 0 unspecified atom stereocenters. The van der Waals surface area contributed by atoms with Crippen molar-refractivity contribution in [2.24, 2.45) is 7.05 Å². The number of nitrogens with zero attached hydrogens (tertiary/aromatic N) is 5. The predicted octanol–water partition coefficient (Wildman–Crippen LogP) is 4.71. The maximum atomic E-state index is 12.8. The molecule has 0 saturated carbocycles. The zero-order valence-corrected chi connectivity index (χ0v) is 17.8. The highest BCUT2D eigenvalue weighted by Gasteiger charge is 2.14. The topological polar surface area (TPSA) is 86.9 Å². The highest BCUT2D eigenvalue weighted by Crippen LogP contribution is 2.23. The molecule has 2 aromatic carbocycles. The number of benzene rings is 2. The lowest BCUT2D eigenvalue weighted by Crippen LogP contribution is -2.15. The Morgan fingerprint density at radius 2 is 1.67 bits per heavy atom. The van der Waals surface area contributed by atoms with E-state index in [2.05, 4.69) is 20.4 Å². The molecular weight excluding hydrogens is 416 g/mol. The van der Waals surface area contributed by atoms with E-state index in [4.69, 9.17) is 4.74 Å². The fraction of sp³-hybridized carbons (Fsp3) is 0.0400. The van der Waals surface area contributed by atoms with Crippen LogP contribution in [-0.2, 0) is 7.05 Å². The van der Waals surface area contributed by atoms with Gasteiger partial charge in [-0.2, -0.15) is 5.10 Å². The molecule has 0 bridgehead atoms. The lowest BCUT2D eigenvalue weighted by molar-refractivity contribution is 0.101. The summed E-state index contributed by atoms with van der Waals surface area (Å²) in [6.45, 7) is 0. The summed E-state index contributed by atoms with van der Waals surface area (Å²) in [6.07, 6.45) is 5.25. The van der Waals surface area contributed by atoms with Gasteiger partial charge in [-0.15, -0.1) is 0 Å². The van der Waals surface area contributed by atoms with Gasteiger partial charge in [0.2, 0.25) is 5.88 Å². The summed E-state index contributed by atoms with van der Waals surface area (Å²) in [5.74, 6) is 1.49. The van der Waals surface area contributed by atoms with Crippen LogP contribution in [0.5, 0.6) is 11.6 Å². The number of aryl methyl sites for hydroxylation is 1. The lowest BCUT2D eigenvalue weighted by atomic mass is 10.1. The Balaban J connectivity index is 1.27. The molecule has 0 atom stereocenters. The molecule has 1 N–H and O–H groups in total. The zero-order valence-electron chi connectivity index (χ0n) is 17.8. The standard InChI is InChI=1S/C25H20N6O2/c1-30-22(15-21(29-30)18-7-3-2-4-8-18)25(32)28-19-9-11-20(12-10-19)33-24-16-23(26-17-27-24)31-13-5-6-14-31/h2-17H,1H3,(H,28,32). The number of nitrogens with one attached hydrogen (secondary N) is 1. The first-order chi connectivity index (χ1) is 16.2. The Morgan fingerprint density at radius 1 is 0.909 bits per heavy atom. The minimum absolute atomic E-state index is 0.243. The van der Waals surface area contributed by atoms with Gasteiger partial charge in [-0.3, -0.25) is 9.48 Å². The van der Waals surface area contributed by atoms with Crippen LogP contribution in [0.1, 0.15) is 10.5 Å². The number of hydrogen-bond acceptors (Lipinski definition) is 5. The van der Waals surface area contributed by atoms with Crippen LogP contribution < -0.4 is 10.1 Å². The van der Waals surface area contributed by atoms with Gasteiger partial charge in [0.15, 0.2) is 0 Å². The number of aromatic nitrogens is 5. The van der Waals surface area contributed by atoms with Gasteiger partial charge in [-0.25, -0.2) is 9.97 Å². The average Bonchev–Trinajstić information content (AvgIpc) is 3.51. The summed E-state index contributed by atoms with van der Waals surface area (Å²) in [4.78, 5) is 21.2. The number of anilines is 1. The molecule has 8 nitrogen and oxygen atoms in total. The fourth-order valence-electron chi connectivity index (χ4n) is 3.37. The molecule has 8 heteroatoms. The quantitative estimate of drug-likeness (QED) is 0.416. The van der Waals surface area contributed by atoms with Crippen molar-refractivity contribution >= 4 is 11.6 Å². The van der Waals surface area contributed by atoms with E-state index in [1.54, 1.807) is 48.1 Å². The first-order valence-corrected chi connectivity index (χ1v) is 10.3. The monoisotopic (exact) mass is 436 g/mol. The molecule has 0 aliphatic carbocycles. The van der Waals surface area contributed by atoms with Crippen molar-refractivity contribution in [2.45, 2.75) is 0 Å². The van der Waals surface area contributed by atoms with Crippen LogP contribution in [0.3, 0.4) is 0 Å². The van der Waals surface area contributed by atoms with Gasteiger partial charge in [0.1, 0.15) is 23.6 Å². The van der Waals surface area contributed by atoms with Crippen molar-refractivity contribution in [2.75, 3.05) is 5.32 Å². The summed E-state index contributed by atoms with van der Waals surface area (Å²) in [6, 6.07) is 24.2. The van der Waals surface area contributed by atoms with E-state index in [1.807, 2.05) is 59.4 Å². The van der Waals surface area contributed by atoms with Crippen molar-refractivity contribution in [3.8, 4) is 28.7 Å². The van der Waals surface area contributed by atoms with Gasteiger partial charge in [0.25, 0.3) is 5.91 Å². The van der Waals surface area contributed by atoms with Crippen molar-refractivity contribution < 1.29 is 9.53 Å². The number of carbonyl (C=O) groups excluding carboxylic acids is 1. The number of hydrogen-bond donors (Lipinski definition) is 1. The van der Waals surface area contributed by atoms with Gasteiger partial charge >= 0.3 is 0 Å². The Morgan fingerprint density at radius 3 is 2.42 bits per heavy atom. The van der Waals surface area contributed by atoms with Gasteiger partial charge in [-0.05, 0) is 42.5 Å². The van der Waals surface area contributed by atoms with E-state index in [9.17, 15) is 4.79 Å². The van der Waals surface area contributed by atoms with Gasteiger partial charge < -0.3 is 14.6 Å². The molecule has 3 aromatic heterocycles. The molecule has 1 amide bonds. The average molecular weight is 436 g/mol. The maximum absolute atomic E-state index is 12.8. The molecule has 0 radical (unpaired) electrons. The van der Waals surface area contributed by atoms with Crippen LogP contribution in [0.2, 0.25) is 0 Å². The van der Waals surface area contributed by atoms with Crippen LogP contribution in [0.15, 0.2) is 97.6 Å². The number of rotatable bonds is 6. The second-order valence-corrected chi connectivity index (χ2v) is 7.29. The number of carbonyl (C=O) groups is 1. The van der Waals surface area contributed by atoms with Crippen LogP contribution in [0, 0.1) is 0 Å². The molecule has 3 heterocycles. The summed E-state index contributed by atoms with van der Waals surface area (Å²) in [7, 11) is 1.75. The molecule has 0 aliphatic heterocycles. The Bertz CT molecular complexity index is 1380. The second kappa shape index (κ2) is 8.80. The molecule has 0 spiro atoms. The fourth-order valence-corrected chi connectivity index (χ4v) is 3.37. The van der Waals surface area contributed by atoms with Gasteiger partial charge in [0, 0.05) is 36.8 Å². The van der Waals surface area contributed by atoms with Gasteiger partial charge in [0.05, 0.1) is 5.69 Å². The third-order valence-corrected chi connectivity index (χ3v) is 5.01. The molecule has 0 aliphatic rings. The minimum atomic E-state index is -0.243. The lowest BCUT2D eigenvalue weighted by Gasteiger charge is -2.08. The molecule has 5 rings (SSSR count). The Hall–Kier alpha value is -4.72. The molecule has 33 heavy (non-hydrogen) atoms. The third kappa shape index (κ3) is 4.49. The largest absolute Gasteiger partial charge is 0.439 e. The minimum Gasteiger partial charge on any atom is -0.439 e. The van der Waals surface area contributed by atoms with Crippen molar-refractivity contribution in [3.63, 3.8) is 0 Å². The van der Waals surface area contributed by atoms with E-state index in [-0.39, 0.29) is 5.91 Å². The first kappa shape index (κ1) is 20.2. The van der Waals surface area contributed by atoms with E-state index in [1.165, 1.54) is 6.33 Å². The molecule has 5 aromatic rings. The van der Waals surface area contributed by atoms with Crippen molar-refractivity contribution in [1.82, 2.24) is 24.3 Å². The SMILES string of the molecule is Cn1nc(-c2ccccc2)cc1C(=O)Nc1ccc(Oc2cc(-n3cccc3)ncn2)cc1. The predicted molar refractivity (Wildman–Crippen MR) is 124 cm³/mol. The van der Waals surface area contributed by atoms with E-state index >= 15 is 0 Å². The van der Waals surface area contributed by atoms with Crippen LogP contribution in [-0.4, -0.2) is 30.2 Å². The van der Waals surface area contributed by atoms with Crippen LogP contribution in [0.4, 0.5) is 5.69 Å². The summed E-state index contributed by atoms with van der Waals surface area (Å²) in [5.41, 5.74) is 2.81. The van der Waals surface area contributed by atoms with E-state index in [0.29, 0.717) is 28.8 Å². The zero-order chi connectivity index (χ0) is 22.6. The Kier molecular flexibility index (Phi) is 5.38. The summed E-state index contributed by atoms with van der Waals surface area (Å²) in [5, 5.41) is 7.35. The molecule has 162 valence electrons. The van der Waals surface area contributed by atoms with Crippen LogP contribution >= 0.6 is 0 Å². The van der Waals surface area contributed by atoms with Crippen LogP contribution in [0.25, 0.3) is 17.1 Å². The molecule has 0 saturated heterocycles. The van der Waals surface area contributed by atoms with E-state index < -0.39 is 0 Å². The number of amides is 1. The first-order valence-electron chi connectivity index (χ1n) is 10.3. The molecular formula is C25H20N6O2. The van der Waals surface area contributed by atoms with Crippen molar-refractivity contribution in [3.05, 3.63) is 103 Å².